The Labute approximate surface area is 157 Å². The van der Waals surface area contributed by atoms with Gasteiger partial charge >= 0.3 is 0 Å². The maximum Gasteiger partial charge on any atom is 0.124 e. The molecule has 0 aliphatic carbocycles. The highest BCUT2D eigenvalue weighted by Crippen LogP contribution is 2.35. The zero-order chi connectivity index (χ0) is 17.9. The molecule has 0 bridgehead atoms. The molecular formula is C23H16ClNO. The summed E-state index contributed by atoms with van der Waals surface area (Å²) in [6, 6.07) is 29.0. The van der Waals surface area contributed by atoms with E-state index in [1.54, 1.807) is 12.1 Å². The molecule has 0 aliphatic heterocycles. The van der Waals surface area contributed by atoms with Crippen LogP contribution in [0.1, 0.15) is 0 Å². The zero-order valence-corrected chi connectivity index (χ0v) is 14.7. The van der Waals surface area contributed by atoms with Crippen LogP contribution in [0.4, 0.5) is 0 Å². The molecule has 0 atom stereocenters. The first kappa shape index (κ1) is 16.4. The number of aromatic nitrogens is 1. The molecule has 0 saturated carbocycles. The second-order valence-electron chi connectivity index (χ2n) is 5.99. The number of halogens is 1. The number of aromatic hydroxyl groups is 1. The number of benzene rings is 3. The van der Waals surface area contributed by atoms with Crippen LogP contribution in [0.5, 0.6) is 5.75 Å². The Kier molecular flexibility index (Phi) is 4.42. The smallest absolute Gasteiger partial charge is 0.124 e. The number of phenols is 1. The highest BCUT2D eigenvalue weighted by Gasteiger charge is 2.12. The molecule has 0 spiro atoms. The van der Waals surface area contributed by atoms with Crippen LogP contribution in [-0.4, -0.2) is 10.1 Å². The summed E-state index contributed by atoms with van der Waals surface area (Å²) < 4.78 is 0. The molecule has 0 radical (unpaired) electrons. The van der Waals surface area contributed by atoms with E-state index in [4.69, 9.17) is 16.6 Å². The molecule has 3 heteroatoms. The lowest BCUT2D eigenvalue weighted by atomic mass is 10.00. The Morgan fingerprint density at radius 3 is 1.88 bits per heavy atom. The molecule has 0 unspecified atom stereocenters. The molecule has 126 valence electrons. The molecule has 0 saturated heterocycles. The average Bonchev–Trinajstić information content (AvgIpc) is 2.69. The minimum absolute atomic E-state index is 0.204. The number of rotatable bonds is 3. The van der Waals surface area contributed by atoms with Gasteiger partial charge in [0, 0.05) is 16.1 Å². The predicted molar refractivity (Wildman–Crippen MR) is 107 cm³/mol. The van der Waals surface area contributed by atoms with Crippen molar-refractivity contribution in [2.75, 3.05) is 0 Å². The van der Waals surface area contributed by atoms with Gasteiger partial charge < -0.3 is 5.11 Å². The molecule has 0 aliphatic rings. The molecule has 2 nitrogen and oxygen atoms in total. The average molecular weight is 358 g/mol. The van der Waals surface area contributed by atoms with Gasteiger partial charge in [-0.3, -0.25) is 0 Å². The predicted octanol–water partition coefficient (Wildman–Crippen LogP) is 6.44. The molecule has 4 rings (SSSR count). The number of phenolic OH excluding ortho intramolecular Hbond substituents is 1. The second kappa shape index (κ2) is 7.03. The van der Waals surface area contributed by atoms with Crippen molar-refractivity contribution in [1.82, 2.24) is 4.98 Å². The lowest BCUT2D eigenvalue weighted by Crippen LogP contribution is -1.92. The van der Waals surface area contributed by atoms with Gasteiger partial charge in [-0.2, -0.15) is 0 Å². The number of nitrogens with zero attached hydrogens (tertiary/aromatic N) is 1. The van der Waals surface area contributed by atoms with E-state index < -0.39 is 0 Å². The van der Waals surface area contributed by atoms with E-state index in [9.17, 15) is 5.11 Å². The van der Waals surface area contributed by atoms with E-state index in [2.05, 4.69) is 12.1 Å². The van der Waals surface area contributed by atoms with Gasteiger partial charge in [-0.25, -0.2) is 4.98 Å². The van der Waals surface area contributed by atoms with Gasteiger partial charge in [0.1, 0.15) is 5.75 Å². The lowest BCUT2D eigenvalue weighted by Gasteiger charge is -2.12. The molecule has 26 heavy (non-hydrogen) atoms. The fourth-order valence-electron chi connectivity index (χ4n) is 2.96. The van der Waals surface area contributed by atoms with Crippen molar-refractivity contribution in [3.63, 3.8) is 0 Å². The van der Waals surface area contributed by atoms with Crippen molar-refractivity contribution in [3.8, 4) is 39.4 Å². The van der Waals surface area contributed by atoms with E-state index in [-0.39, 0.29) is 5.75 Å². The van der Waals surface area contributed by atoms with Gasteiger partial charge in [-0.1, -0.05) is 72.3 Å². The minimum Gasteiger partial charge on any atom is -0.507 e. The summed E-state index contributed by atoms with van der Waals surface area (Å²) in [5.74, 6) is 0.204. The molecule has 4 aromatic rings. The van der Waals surface area contributed by atoms with Crippen LogP contribution in [0.3, 0.4) is 0 Å². The van der Waals surface area contributed by atoms with Crippen LogP contribution in [0.25, 0.3) is 33.6 Å². The monoisotopic (exact) mass is 357 g/mol. The van der Waals surface area contributed by atoms with Gasteiger partial charge in [-0.05, 0) is 41.5 Å². The first-order chi connectivity index (χ1) is 12.7. The van der Waals surface area contributed by atoms with Gasteiger partial charge in [-0.15, -0.1) is 0 Å². The summed E-state index contributed by atoms with van der Waals surface area (Å²) in [4.78, 5) is 4.78. The number of hydrogen-bond acceptors (Lipinski definition) is 2. The van der Waals surface area contributed by atoms with Gasteiger partial charge in [0.05, 0.1) is 11.4 Å². The fourth-order valence-corrected chi connectivity index (χ4v) is 3.20. The summed E-state index contributed by atoms with van der Waals surface area (Å²) in [5, 5.41) is 10.9. The minimum atomic E-state index is 0.204. The third kappa shape index (κ3) is 3.19. The quantitative estimate of drug-likeness (QED) is 0.457. The fraction of sp³-hybridized carbons (Fsp3) is 0. The maximum atomic E-state index is 10.3. The van der Waals surface area contributed by atoms with E-state index in [1.807, 2.05) is 66.7 Å². The third-order valence-electron chi connectivity index (χ3n) is 4.26. The van der Waals surface area contributed by atoms with Gasteiger partial charge in [0.25, 0.3) is 0 Å². The summed E-state index contributed by atoms with van der Waals surface area (Å²) in [6.45, 7) is 0. The number of para-hydroxylation sites is 1. The SMILES string of the molecule is Oc1ccccc1-c1cc(-c2ccccc2)cc(-c2ccccc2Cl)n1. The van der Waals surface area contributed by atoms with Gasteiger partial charge in [0.2, 0.25) is 0 Å². The van der Waals surface area contributed by atoms with Crippen molar-refractivity contribution in [3.05, 3.63) is 96.0 Å². The topological polar surface area (TPSA) is 33.1 Å². The summed E-state index contributed by atoms with van der Waals surface area (Å²) in [5.41, 5.74) is 5.14. The molecule has 0 amide bonds. The normalized spacial score (nSPS) is 10.7. The highest BCUT2D eigenvalue weighted by atomic mass is 35.5. The first-order valence-corrected chi connectivity index (χ1v) is 8.71. The zero-order valence-electron chi connectivity index (χ0n) is 13.9. The molecule has 1 aromatic heterocycles. The largest absolute Gasteiger partial charge is 0.507 e. The van der Waals surface area contributed by atoms with Gasteiger partial charge in [0.15, 0.2) is 0 Å². The van der Waals surface area contributed by atoms with Crippen LogP contribution in [-0.2, 0) is 0 Å². The molecule has 3 aromatic carbocycles. The maximum absolute atomic E-state index is 10.3. The Hall–Kier alpha value is -3.10. The van der Waals surface area contributed by atoms with Crippen molar-refractivity contribution in [2.24, 2.45) is 0 Å². The Morgan fingerprint density at radius 2 is 1.19 bits per heavy atom. The van der Waals surface area contributed by atoms with Crippen LogP contribution < -0.4 is 0 Å². The van der Waals surface area contributed by atoms with Crippen LogP contribution >= 0.6 is 11.6 Å². The standard InChI is InChI=1S/C23H16ClNO/c24-20-12-6-4-10-18(20)21-14-17(16-8-2-1-3-9-16)15-22(25-21)19-11-5-7-13-23(19)26/h1-15,26H. The van der Waals surface area contributed by atoms with E-state index in [0.29, 0.717) is 16.3 Å². The lowest BCUT2D eigenvalue weighted by molar-refractivity contribution is 0.477. The van der Waals surface area contributed by atoms with Crippen LogP contribution in [0.2, 0.25) is 5.02 Å². The Morgan fingerprint density at radius 1 is 0.615 bits per heavy atom. The Balaban J connectivity index is 1.97. The second-order valence-corrected chi connectivity index (χ2v) is 6.40. The van der Waals surface area contributed by atoms with E-state index in [0.717, 1.165) is 22.4 Å². The number of pyridine rings is 1. The highest BCUT2D eigenvalue weighted by molar-refractivity contribution is 6.33. The summed E-state index contributed by atoms with van der Waals surface area (Å²) in [6.07, 6.45) is 0. The van der Waals surface area contributed by atoms with Crippen molar-refractivity contribution in [1.29, 1.82) is 0 Å². The van der Waals surface area contributed by atoms with Crippen molar-refractivity contribution >= 4 is 11.6 Å². The molecule has 0 fully saturated rings. The third-order valence-corrected chi connectivity index (χ3v) is 4.59. The van der Waals surface area contributed by atoms with E-state index in [1.165, 1.54) is 0 Å². The number of hydrogen-bond donors (Lipinski definition) is 1. The molecular weight excluding hydrogens is 342 g/mol. The first-order valence-electron chi connectivity index (χ1n) is 8.33. The molecule has 1 heterocycles. The van der Waals surface area contributed by atoms with Crippen molar-refractivity contribution < 1.29 is 5.11 Å². The summed E-state index contributed by atoms with van der Waals surface area (Å²) >= 11 is 6.40. The molecule has 1 N–H and O–H groups in total. The van der Waals surface area contributed by atoms with Crippen LogP contribution in [0, 0.1) is 0 Å². The van der Waals surface area contributed by atoms with Crippen molar-refractivity contribution in [2.45, 2.75) is 0 Å². The Bertz CT molecular complexity index is 997. The van der Waals surface area contributed by atoms with E-state index >= 15 is 0 Å². The summed E-state index contributed by atoms with van der Waals surface area (Å²) in [7, 11) is 0. The van der Waals surface area contributed by atoms with Crippen LogP contribution in [0.15, 0.2) is 91.0 Å².